The normalized spacial score (nSPS) is 13.7. The first-order chi connectivity index (χ1) is 12.5. The molecule has 1 aromatic rings. The van der Waals surface area contributed by atoms with Gasteiger partial charge in [-0.15, -0.1) is 0 Å². The number of allylic oxidation sites excluding steroid dienone is 1. The minimum atomic E-state index is -2.22. The fraction of sp³-hybridized carbons (Fsp3) is 0.529. The number of ether oxygens (including phenoxy) is 3. The van der Waals surface area contributed by atoms with Crippen LogP contribution in [0.25, 0.3) is 0 Å². The maximum atomic E-state index is 13.8. The molecule has 4 nitrogen and oxygen atoms in total. The summed E-state index contributed by atoms with van der Waals surface area (Å²) in [5.41, 5.74) is 6.04. The Hall–Kier alpha value is -1.71. The van der Waals surface area contributed by atoms with Gasteiger partial charge in [-0.05, 0) is 24.8 Å². The number of halogens is 5. The van der Waals surface area contributed by atoms with Crippen LogP contribution >= 0.6 is 0 Å². The van der Waals surface area contributed by atoms with Crippen molar-refractivity contribution in [3.63, 3.8) is 0 Å². The maximum Gasteiger partial charge on any atom is 0.207 e. The lowest BCUT2D eigenvalue weighted by molar-refractivity contribution is 0.0495. The standard InChI is InChI=1S/C17H20F5NO3/c18-12-13(19)15(21)17(16(22)14(12)20)26-11(10-2-1-3-10)4-6-24-8-9-25-7-5-23/h1-9,23H2. The summed E-state index contributed by atoms with van der Waals surface area (Å²) < 4.78 is 82.8. The molecule has 1 fully saturated rings. The maximum absolute atomic E-state index is 13.8. The van der Waals surface area contributed by atoms with Crippen LogP contribution in [0.1, 0.15) is 25.7 Å². The monoisotopic (exact) mass is 381 g/mol. The number of hydrogen-bond donors (Lipinski definition) is 1. The quantitative estimate of drug-likeness (QED) is 0.221. The molecule has 1 aliphatic carbocycles. The molecule has 26 heavy (non-hydrogen) atoms. The Bertz CT molecular complexity index is 631. The number of hydrogen-bond acceptors (Lipinski definition) is 4. The minimum absolute atomic E-state index is 0.145. The van der Waals surface area contributed by atoms with Gasteiger partial charge < -0.3 is 19.9 Å². The molecule has 0 amide bonds. The Kier molecular flexibility index (Phi) is 7.80. The average Bonchev–Trinajstić information content (AvgIpc) is 2.59. The number of rotatable bonds is 10. The predicted molar refractivity (Wildman–Crippen MR) is 83.0 cm³/mol. The molecule has 0 unspecified atom stereocenters. The van der Waals surface area contributed by atoms with Crippen LogP contribution in [-0.2, 0) is 9.47 Å². The van der Waals surface area contributed by atoms with Gasteiger partial charge in [-0.3, -0.25) is 0 Å². The van der Waals surface area contributed by atoms with Gasteiger partial charge in [0.1, 0.15) is 5.76 Å². The van der Waals surface area contributed by atoms with Crippen molar-refractivity contribution in [2.75, 3.05) is 33.0 Å². The predicted octanol–water partition coefficient (Wildman–Crippen LogP) is 3.58. The minimum Gasteiger partial charge on any atom is -0.455 e. The highest BCUT2D eigenvalue weighted by Gasteiger charge is 2.29. The van der Waals surface area contributed by atoms with Crippen molar-refractivity contribution >= 4 is 0 Å². The van der Waals surface area contributed by atoms with Crippen molar-refractivity contribution in [1.29, 1.82) is 0 Å². The molecular formula is C17H20F5NO3. The molecule has 0 bridgehead atoms. The van der Waals surface area contributed by atoms with Gasteiger partial charge in [0.15, 0.2) is 0 Å². The summed E-state index contributed by atoms with van der Waals surface area (Å²) in [6.07, 6.45) is 2.30. The summed E-state index contributed by atoms with van der Waals surface area (Å²) in [4.78, 5) is 0. The van der Waals surface area contributed by atoms with Crippen molar-refractivity contribution < 1.29 is 36.2 Å². The fourth-order valence-corrected chi connectivity index (χ4v) is 2.30. The average molecular weight is 381 g/mol. The van der Waals surface area contributed by atoms with Crippen molar-refractivity contribution in [2.45, 2.75) is 25.7 Å². The first-order valence-corrected chi connectivity index (χ1v) is 8.23. The topological polar surface area (TPSA) is 53.7 Å². The van der Waals surface area contributed by atoms with Crippen LogP contribution in [0.5, 0.6) is 5.75 Å². The van der Waals surface area contributed by atoms with Crippen LogP contribution in [-0.4, -0.2) is 33.0 Å². The van der Waals surface area contributed by atoms with Gasteiger partial charge in [-0.2, -0.15) is 8.78 Å². The second kappa shape index (κ2) is 9.84. The van der Waals surface area contributed by atoms with Crippen molar-refractivity contribution in [3.8, 4) is 5.75 Å². The molecule has 1 saturated carbocycles. The largest absolute Gasteiger partial charge is 0.455 e. The van der Waals surface area contributed by atoms with Crippen LogP contribution in [0.15, 0.2) is 11.3 Å². The lowest BCUT2D eigenvalue weighted by atomic mass is 9.90. The van der Waals surface area contributed by atoms with Crippen molar-refractivity contribution in [2.24, 2.45) is 5.73 Å². The number of benzene rings is 1. The molecule has 0 heterocycles. The molecule has 1 aromatic carbocycles. The van der Waals surface area contributed by atoms with Gasteiger partial charge in [-0.25, -0.2) is 13.2 Å². The Labute approximate surface area is 147 Å². The molecule has 0 radical (unpaired) electrons. The summed E-state index contributed by atoms with van der Waals surface area (Å²) in [6, 6.07) is 0. The van der Waals surface area contributed by atoms with Crippen LogP contribution in [0.3, 0.4) is 0 Å². The van der Waals surface area contributed by atoms with E-state index in [4.69, 9.17) is 19.9 Å². The van der Waals surface area contributed by atoms with E-state index in [9.17, 15) is 22.0 Å². The van der Waals surface area contributed by atoms with Gasteiger partial charge >= 0.3 is 0 Å². The highest BCUT2D eigenvalue weighted by Crippen LogP contribution is 2.35. The lowest BCUT2D eigenvalue weighted by Crippen LogP contribution is -2.15. The van der Waals surface area contributed by atoms with Crippen LogP contribution in [0.4, 0.5) is 22.0 Å². The van der Waals surface area contributed by atoms with E-state index < -0.39 is 34.8 Å². The van der Waals surface area contributed by atoms with Gasteiger partial charge in [-0.1, -0.05) is 0 Å². The SMILES string of the molecule is NCCOCCOCCC(Oc1c(F)c(F)c(F)c(F)c1F)=C1CCC1. The molecular weight excluding hydrogens is 361 g/mol. The van der Waals surface area contributed by atoms with Gasteiger partial charge in [0.25, 0.3) is 0 Å². The molecule has 2 N–H and O–H groups in total. The van der Waals surface area contributed by atoms with E-state index in [0.717, 1.165) is 12.0 Å². The Morgan fingerprint density at radius 2 is 1.31 bits per heavy atom. The smallest absolute Gasteiger partial charge is 0.207 e. The van der Waals surface area contributed by atoms with Crippen molar-refractivity contribution in [1.82, 2.24) is 0 Å². The van der Waals surface area contributed by atoms with Gasteiger partial charge in [0, 0.05) is 13.0 Å². The highest BCUT2D eigenvalue weighted by atomic mass is 19.2. The third kappa shape index (κ3) is 4.93. The zero-order valence-electron chi connectivity index (χ0n) is 14.1. The Balaban J connectivity index is 2.02. The first kappa shape index (κ1) is 20.6. The molecule has 2 rings (SSSR count). The van der Waals surface area contributed by atoms with E-state index in [0.29, 0.717) is 32.6 Å². The summed E-state index contributed by atoms with van der Waals surface area (Å²) in [7, 11) is 0. The van der Waals surface area contributed by atoms with E-state index in [1.165, 1.54) is 0 Å². The van der Waals surface area contributed by atoms with E-state index in [-0.39, 0.29) is 25.4 Å². The molecule has 146 valence electrons. The van der Waals surface area contributed by atoms with E-state index in [1.54, 1.807) is 0 Å². The van der Waals surface area contributed by atoms with Crippen LogP contribution in [0.2, 0.25) is 0 Å². The fourth-order valence-electron chi connectivity index (χ4n) is 2.30. The number of nitrogens with two attached hydrogens (primary N) is 1. The third-order valence-corrected chi connectivity index (χ3v) is 3.85. The summed E-state index contributed by atoms with van der Waals surface area (Å²) in [5, 5.41) is 0. The molecule has 1 aliphatic rings. The molecule has 0 atom stereocenters. The second-order valence-corrected chi connectivity index (χ2v) is 5.64. The summed E-state index contributed by atoms with van der Waals surface area (Å²) in [5.74, 6) is -11.4. The zero-order valence-corrected chi connectivity index (χ0v) is 14.1. The van der Waals surface area contributed by atoms with E-state index in [2.05, 4.69) is 0 Å². The molecule has 9 heteroatoms. The van der Waals surface area contributed by atoms with E-state index in [1.807, 2.05) is 0 Å². The Morgan fingerprint density at radius 3 is 1.81 bits per heavy atom. The molecule has 0 saturated heterocycles. The van der Waals surface area contributed by atoms with Crippen molar-refractivity contribution in [3.05, 3.63) is 40.4 Å². The van der Waals surface area contributed by atoms with E-state index >= 15 is 0 Å². The van der Waals surface area contributed by atoms with Crippen LogP contribution < -0.4 is 10.5 Å². The second-order valence-electron chi connectivity index (χ2n) is 5.64. The summed E-state index contributed by atoms with van der Waals surface area (Å²) >= 11 is 0. The van der Waals surface area contributed by atoms with Crippen LogP contribution in [0, 0.1) is 29.1 Å². The highest BCUT2D eigenvalue weighted by molar-refractivity contribution is 5.32. The van der Waals surface area contributed by atoms with Gasteiger partial charge in [0.2, 0.25) is 34.8 Å². The zero-order chi connectivity index (χ0) is 19.1. The Morgan fingerprint density at radius 1 is 0.769 bits per heavy atom. The summed E-state index contributed by atoms with van der Waals surface area (Å²) in [6.45, 7) is 1.57. The lowest BCUT2D eigenvalue weighted by Gasteiger charge is -2.23. The molecule has 0 aliphatic heterocycles. The first-order valence-electron chi connectivity index (χ1n) is 8.23. The molecule has 0 spiro atoms. The molecule has 0 aromatic heterocycles. The van der Waals surface area contributed by atoms with Gasteiger partial charge in [0.05, 0.1) is 26.4 Å². The third-order valence-electron chi connectivity index (χ3n) is 3.85.